The van der Waals surface area contributed by atoms with E-state index >= 15 is 0 Å². The molecule has 148 valence electrons. The van der Waals surface area contributed by atoms with Crippen molar-refractivity contribution in [3.63, 3.8) is 0 Å². The summed E-state index contributed by atoms with van der Waals surface area (Å²) >= 11 is 0. The van der Waals surface area contributed by atoms with Gasteiger partial charge in [-0.25, -0.2) is 17.9 Å². The second-order valence-corrected chi connectivity index (χ2v) is 6.51. The van der Waals surface area contributed by atoms with Crippen LogP contribution in [-0.2, 0) is 13.0 Å². The van der Waals surface area contributed by atoms with E-state index in [4.69, 9.17) is 0 Å². The Bertz CT molecular complexity index is 1000. The van der Waals surface area contributed by atoms with E-state index in [-0.39, 0.29) is 25.3 Å². The van der Waals surface area contributed by atoms with Gasteiger partial charge in [-0.2, -0.15) is 10.1 Å². The second kappa shape index (κ2) is 8.37. The summed E-state index contributed by atoms with van der Waals surface area (Å²) in [5.41, 5.74) is 1.58. The molecule has 0 saturated carbocycles. The maximum Gasteiger partial charge on any atom is 0.293 e. The molecule has 2 aromatic rings. The lowest BCUT2D eigenvalue weighted by atomic mass is 9.99. The van der Waals surface area contributed by atoms with Crippen LogP contribution in [0.2, 0.25) is 0 Å². The first-order valence-corrected chi connectivity index (χ1v) is 8.66. The monoisotopic (exact) mass is 394 g/mol. The molecule has 0 aliphatic heterocycles. The number of alkyl halides is 1. The number of rotatable bonds is 6. The van der Waals surface area contributed by atoms with Gasteiger partial charge < -0.3 is 5.32 Å². The number of anilines is 2. The van der Waals surface area contributed by atoms with Gasteiger partial charge in [0, 0.05) is 24.4 Å². The van der Waals surface area contributed by atoms with Crippen LogP contribution in [0.4, 0.5) is 29.2 Å². The smallest absolute Gasteiger partial charge is 0.293 e. The first kappa shape index (κ1) is 19.8. The Balaban J connectivity index is 1.88. The van der Waals surface area contributed by atoms with Crippen molar-refractivity contribution in [1.82, 2.24) is 14.8 Å². The van der Waals surface area contributed by atoms with Crippen LogP contribution in [0.3, 0.4) is 0 Å². The molecule has 1 atom stereocenters. The van der Waals surface area contributed by atoms with E-state index < -0.39 is 35.6 Å². The molecule has 1 heterocycles. The van der Waals surface area contributed by atoms with Crippen molar-refractivity contribution in [2.45, 2.75) is 26.3 Å². The summed E-state index contributed by atoms with van der Waals surface area (Å²) in [5.74, 6) is -4.54. The molecule has 28 heavy (non-hydrogen) atoms. The van der Waals surface area contributed by atoms with E-state index in [1.807, 2.05) is 6.92 Å². The quantitative estimate of drug-likeness (QED) is 0.745. The van der Waals surface area contributed by atoms with Gasteiger partial charge in [0.25, 0.3) is 5.56 Å². The van der Waals surface area contributed by atoms with E-state index in [9.17, 15) is 22.4 Å². The second-order valence-electron chi connectivity index (χ2n) is 6.51. The standard InChI is InChI=1S/C19H18F4N4O/c1-11-2-3-12(4-5-20)8-16(11)25-19-26-17(28)9-24-27(19)10-13-6-14(21)18(23)15(22)7-13/h2-3,6,8-9,13H,4-5,7,10H2,1H3,(H,25,26,28). The molecule has 1 aromatic carbocycles. The lowest BCUT2D eigenvalue weighted by molar-refractivity contribution is 0.387. The fraction of sp³-hybridized carbons (Fsp3) is 0.316. The van der Waals surface area contributed by atoms with Crippen molar-refractivity contribution >= 4 is 11.6 Å². The number of aromatic nitrogens is 3. The lowest BCUT2D eigenvalue weighted by Crippen LogP contribution is -2.22. The minimum atomic E-state index is -1.49. The molecule has 0 bridgehead atoms. The largest absolute Gasteiger partial charge is 0.324 e. The van der Waals surface area contributed by atoms with Crippen LogP contribution in [-0.4, -0.2) is 21.4 Å². The van der Waals surface area contributed by atoms with E-state index in [1.54, 1.807) is 18.2 Å². The van der Waals surface area contributed by atoms with Gasteiger partial charge in [0.1, 0.15) is 12.0 Å². The summed E-state index contributed by atoms with van der Waals surface area (Å²) in [4.78, 5) is 15.5. The minimum Gasteiger partial charge on any atom is -0.324 e. The fourth-order valence-corrected chi connectivity index (χ4v) is 2.91. The molecule has 1 aliphatic rings. The van der Waals surface area contributed by atoms with Crippen molar-refractivity contribution in [3.8, 4) is 0 Å². The number of aryl methyl sites for hydroxylation is 2. The van der Waals surface area contributed by atoms with Crippen LogP contribution in [0.25, 0.3) is 0 Å². The summed E-state index contributed by atoms with van der Waals surface area (Å²) in [6.45, 7) is 1.29. The molecular formula is C19H18F4N4O. The Morgan fingerprint density at radius 2 is 2.07 bits per heavy atom. The Morgan fingerprint density at radius 1 is 1.29 bits per heavy atom. The maximum absolute atomic E-state index is 13.5. The van der Waals surface area contributed by atoms with Gasteiger partial charge in [-0.1, -0.05) is 12.1 Å². The number of hydrogen-bond donors (Lipinski definition) is 1. The van der Waals surface area contributed by atoms with E-state index in [2.05, 4.69) is 15.4 Å². The van der Waals surface area contributed by atoms with E-state index in [1.165, 1.54) is 4.68 Å². The first-order chi connectivity index (χ1) is 13.4. The molecule has 0 fully saturated rings. The fourth-order valence-electron chi connectivity index (χ4n) is 2.91. The van der Waals surface area contributed by atoms with Crippen LogP contribution in [0.5, 0.6) is 0 Å². The van der Waals surface area contributed by atoms with Crippen molar-refractivity contribution in [2.24, 2.45) is 5.92 Å². The van der Waals surface area contributed by atoms with E-state index in [0.29, 0.717) is 5.69 Å². The summed E-state index contributed by atoms with van der Waals surface area (Å²) in [7, 11) is 0. The van der Waals surface area contributed by atoms with Crippen LogP contribution in [0, 0.1) is 12.8 Å². The van der Waals surface area contributed by atoms with Gasteiger partial charge in [-0.3, -0.25) is 9.18 Å². The van der Waals surface area contributed by atoms with Gasteiger partial charge in [0.05, 0.1) is 13.2 Å². The molecule has 5 nitrogen and oxygen atoms in total. The van der Waals surface area contributed by atoms with E-state index in [0.717, 1.165) is 23.4 Å². The summed E-state index contributed by atoms with van der Waals surface area (Å²) in [5, 5.41) is 6.94. The number of hydrogen-bond acceptors (Lipinski definition) is 4. The molecule has 0 radical (unpaired) electrons. The molecule has 0 amide bonds. The molecule has 3 rings (SSSR count). The Kier molecular flexibility index (Phi) is 5.91. The molecular weight excluding hydrogens is 376 g/mol. The zero-order chi connectivity index (χ0) is 20.3. The molecule has 1 unspecified atom stereocenters. The van der Waals surface area contributed by atoms with Crippen LogP contribution in [0.15, 0.2) is 52.7 Å². The van der Waals surface area contributed by atoms with Crippen molar-refractivity contribution in [2.75, 3.05) is 12.0 Å². The topological polar surface area (TPSA) is 59.8 Å². The molecule has 9 heteroatoms. The third-order valence-electron chi connectivity index (χ3n) is 4.38. The third-order valence-corrected chi connectivity index (χ3v) is 4.38. The average Bonchev–Trinajstić information content (AvgIpc) is 2.65. The van der Waals surface area contributed by atoms with Gasteiger partial charge in [0.2, 0.25) is 5.95 Å². The molecule has 1 N–H and O–H groups in total. The third kappa shape index (κ3) is 4.47. The SMILES string of the molecule is Cc1ccc(CCF)cc1Nc1nc(=O)cnn1CC1C=C(F)C(F)=C(F)C1. The molecule has 1 aliphatic carbocycles. The maximum atomic E-state index is 13.5. The lowest BCUT2D eigenvalue weighted by Gasteiger charge is -2.20. The molecule has 0 spiro atoms. The Hall–Kier alpha value is -2.97. The Labute approximate surface area is 158 Å². The highest BCUT2D eigenvalue weighted by molar-refractivity contribution is 5.59. The highest BCUT2D eigenvalue weighted by atomic mass is 19.2. The predicted octanol–water partition coefficient (Wildman–Crippen LogP) is 4.23. The van der Waals surface area contributed by atoms with Crippen molar-refractivity contribution in [1.29, 1.82) is 0 Å². The van der Waals surface area contributed by atoms with Crippen LogP contribution in [0.1, 0.15) is 17.5 Å². The zero-order valence-corrected chi connectivity index (χ0v) is 15.1. The van der Waals surface area contributed by atoms with Crippen LogP contribution < -0.4 is 10.9 Å². The average molecular weight is 394 g/mol. The predicted molar refractivity (Wildman–Crippen MR) is 97.0 cm³/mol. The molecule has 1 aromatic heterocycles. The first-order valence-electron chi connectivity index (χ1n) is 8.66. The normalized spacial score (nSPS) is 16.9. The summed E-state index contributed by atoms with van der Waals surface area (Å²) < 4.78 is 54.2. The zero-order valence-electron chi connectivity index (χ0n) is 15.1. The number of allylic oxidation sites excluding steroid dienone is 4. The van der Waals surface area contributed by atoms with Gasteiger partial charge >= 0.3 is 0 Å². The van der Waals surface area contributed by atoms with Gasteiger partial charge in [-0.05, 0) is 30.2 Å². The summed E-state index contributed by atoms with van der Waals surface area (Å²) in [6.07, 6.45) is 1.88. The number of halogens is 4. The number of benzene rings is 1. The Morgan fingerprint density at radius 3 is 2.79 bits per heavy atom. The van der Waals surface area contributed by atoms with Crippen molar-refractivity contribution in [3.05, 3.63) is 69.4 Å². The molecule has 0 saturated heterocycles. The van der Waals surface area contributed by atoms with Crippen molar-refractivity contribution < 1.29 is 17.6 Å². The number of nitrogens with zero attached hydrogens (tertiary/aromatic N) is 3. The highest BCUT2D eigenvalue weighted by Crippen LogP contribution is 2.32. The minimum absolute atomic E-state index is 0.0209. The van der Waals surface area contributed by atoms with Crippen LogP contribution >= 0.6 is 0 Å². The number of nitrogens with one attached hydrogen (secondary N) is 1. The van der Waals surface area contributed by atoms with Gasteiger partial charge in [0.15, 0.2) is 11.7 Å². The summed E-state index contributed by atoms with van der Waals surface area (Å²) in [6, 6.07) is 5.33. The van der Waals surface area contributed by atoms with Gasteiger partial charge in [-0.15, -0.1) is 0 Å². The highest BCUT2D eigenvalue weighted by Gasteiger charge is 2.24.